The van der Waals surface area contributed by atoms with E-state index in [1.54, 1.807) is 13.3 Å². The number of para-hydroxylation sites is 1. The highest BCUT2D eigenvalue weighted by molar-refractivity contribution is 6.33. The number of ether oxygens (including phenoxy) is 1. The number of piperazine rings is 1. The molecule has 8 heteroatoms. The Morgan fingerprint density at radius 2 is 1.81 bits per heavy atom. The van der Waals surface area contributed by atoms with E-state index in [-0.39, 0.29) is 5.91 Å². The third-order valence-corrected chi connectivity index (χ3v) is 5.54. The van der Waals surface area contributed by atoms with Crippen LogP contribution < -0.4 is 15.0 Å². The average molecular weight is 438 g/mol. The number of nitrogens with one attached hydrogen (secondary N) is 1. The second kappa shape index (κ2) is 9.66. The summed E-state index contributed by atoms with van der Waals surface area (Å²) in [7, 11) is 1.63. The van der Waals surface area contributed by atoms with Crippen molar-refractivity contribution in [1.82, 2.24) is 14.9 Å². The lowest BCUT2D eigenvalue weighted by atomic mass is 10.1. The fourth-order valence-electron chi connectivity index (χ4n) is 3.46. The second-order valence-electron chi connectivity index (χ2n) is 7.24. The van der Waals surface area contributed by atoms with E-state index >= 15 is 0 Å². The van der Waals surface area contributed by atoms with Gasteiger partial charge < -0.3 is 19.9 Å². The number of carbonyl (C=O) groups excluding carboxylic acids is 1. The molecule has 2 heterocycles. The molecule has 0 atom stereocenters. The number of hydrogen-bond acceptors (Lipinski definition) is 6. The molecule has 1 amide bonds. The minimum atomic E-state index is 0.125. The van der Waals surface area contributed by atoms with Gasteiger partial charge in [0.2, 0.25) is 11.9 Å². The molecule has 160 valence electrons. The van der Waals surface area contributed by atoms with Crippen molar-refractivity contribution in [3.63, 3.8) is 0 Å². The zero-order valence-electron chi connectivity index (χ0n) is 17.3. The number of halogens is 1. The first-order valence-electron chi connectivity index (χ1n) is 10.1. The van der Waals surface area contributed by atoms with Crippen LogP contribution in [-0.4, -0.2) is 54.1 Å². The van der Waals surface area contributed by atoms with Crippen molar-refractivity contribution in [3.8, 4) is 5.75 Å². The number of nitrogens with zero attached hydrogens (tertiary/aromatic N) is 4. The first kappa shape index (κ1) is 20.9. The van der Waals surface area contributed by atoms with E-state index < -0.39 is 0 Å². The normalized spacial score (nSPS) is 13.7. The van der Waals surface area contributed by atoms with E-state index in [4.69, 9.17) is 16.3 Å². The Balaban J connectivity index is 1.34. The van der Waals surface area contributed by atoms with Crippen molar-refractivity contribution in [2.45, 2.75) is 6.42 Å². The minimum Gasteiger partial charge on any atom is -0.497 e. The highest BCUT2D eigenvalue weighted by atomic mass is 35.5. The summed E-state index contributed by atoms with van der Waals surface area (Å²) < 4.78 is 5.17. The van der Waals surface area contributed by atoms with Crippen LogP contribution in [0.4, 0.5) is 17.5 Å². The molecule has 1 N–H and O–H groups in total. The first-order valence-corrected chi connectivity index (χ1v) is 10.5. The maximum atomic E-state index is 12.7. The molecule has 1 fully saturated rings. The molecule has 2 aromatic carbocycles. The number of aromatic nitrogens is 2. The number of benzene rings is 2. The molecular formula is C23H24ClN5O2. The Morgan fingerprint density at radius 1 is 1.06 bits per heavy atom. The van der Waals surface area contributed by atoms with Gasteiger partial charge in [0.15, 0.2) is 0 Å². The first-order chi connectivity index (χ1) is 15.1. The number of anilines is 3. The summed E-state index contributed by atoms with van der Waals surface area (Å²) in [5, 5.41) is 3.86. The molecule has 0 unspecified atom stereocenters. The fourth-order valence-corrected chi connectivity index (χ4v) is 3.64. The number of carbonyl (C=O) groups is 1. The lowest BCUT2D eigenvalue weighted by Gasteiger charge is -2.35. The van der Waals surface area contributed by atoms with E-state index in [1.165, 1.54) is 0 Å². The molecule has 0 aliphatic carbocycles. The lowest BCUT2D eigenvalue weighted by molar-refractivity contribution is -0.130. The van der Waals surface area contributed by atoms with Gasteiger partial charge in [-0.05, 0) is 35.9 Å². The van der Waals surface area contributed by atoms with Crippen LogP contribution in [0.3, 0.4) is 0 Å². The Morgan fingerprint density at radius 3 is 2.52 bits per heavy atom. The third-order valence-electron chi connectivity index (χ3n) is 5.21. The highest BCUT2D eigenvalue weighted by Crippen LogP contribution is 2.24. The van der Waals surface area contributed by atoms with E-state index in [0.29, 0.717) is 49.4 Å². The van der Waals surface area contributed by atoms with Crippen molar-refractivity contribution in [2.75, 3.05) is 43.5 Å². The molecule has 4 rings (SSSR count). The van der Waals surface area contributed by atoms with Gasteiger partial charge in [-0.25, -0.2) is 4.98 Å². The van der Waals surface area contributed by atoms with Gasteiger partial charge in [0.25, 0.3) is 0 Å². The van der Waals surface area contributed by atoms with Crippen molar-refractivity contribution >= 4 is 35.0 Å². The van der Waals surface area contributed by atoms with Crippen LogP contribution in [0.1, 0.15) is 5.56 Å². The predicted molar refractivity (Wildman–Crippen MR) is 122 cm³/mol. The van der Waals surface area contributed by atoms with Crippen molar-refractivity contribution in [2.24, 2.45) is 0 Å². The van der Waals surface area contributed by atoms with E-state index in [2.05, 4.69) is 20.2 Å². The molecule has 1 aliphatic rings. The minimum absolute atomic E-state index is 0.125. The fraction of sp³-hybridized carbons (Fsp3) is 0.261. The van der Waals surface area contributed by atoms with Gasteiger partial charge in [0, 0.05) is 32.4 Å². The number of amides is 1. The molecule has 0 spiro atoms. The van der Waals surface area contributed by atoms with Crippen LogP contribution in [0, 0.1) is 0 Å². The van der Waals surface area contributed by atoms with Crippen LogP contribution in [0.25, 0.3) is 0 Å². The molecule has 1 saturated heterocycles. The number of rotatable bonds is 6. The van der Waals surface area contributed by atoms with Gasteiger partial charge in [-0.15, -0.1) is 0 Å². The molecule has 3 aromatic rings. The predicted octanol–water partition coefficient (Wildman–Crippen LogP) is 3.77. The van der Waals surface area contributed by atoms with E-state index in [9.17, 15) is 4.79 Å². The molecular weight excluding hydrogens is 414 g/mol. The summed E-state index contributed by atoms with van der Waals surface area (Å²) in [6.45, 7) is 2.65. The van der Waals surface area contributed by atoms with Crippen LogP contribution in [0.15, 0.2) is 60.8 Å². The standard InChI is InChI=1S/C23H24ClN5O2/c1-31-18-8-6-17(7-9-18)16-22(30)28-12-14-29(15-13-28)23-25-11-10-21(27-23)26-20-5-3-2-4-19(20)24/h2-11H,12-16H2,1H3,(H,25,26,27). The van der Waals surface area contributed by atoms with Gasteiger partial charge in [-0.2, -0.15) is 4.98 Å². The van der Waals surface area contributed by atoms with Gasteiger partial charge >= 0.3 is 0 Å². The Labute approximate surface area is 186 Å². The van der Waals surface area contributed by atoms with Crippen LogP contribution in [0.2, 0.25) is 5.02 Å². The average Bonchev–Trinajstić information content (AvgIpc) is 2.81. The molecule has 31 heavy (non-hydrogen) atoms. The quantitative estimate of drug-likeness (QED) is 0.633. The molecule has 0 bridgehead atoms. The topological polar surface area (TPSA) is 70.6 Å². The van der Waals surface area contributed by atoms with E-state index in [1.807, 2.05) is 59.5 Å². The van der Waals surface area contributed by atoms with Crippen molar-refractivity contribution in [1.29, 1.82) is 0 Å². The Hall–Kier alpha value is -3.32. The molecule has 0 saturated carbocycles. The smallest absolute Gasteiger partial charge is 0.227 e. The van der Waals surface area contributed by atoms with Crippen molar-refractivity contribution in [3.05, 3.63) is 71.4 Å². The van der Waals surface area contributed by atoms with Crippen LogP contribution in [0.5, 0.6) is 5.75 Å². The summed E-state index contributed by atoms with van der Waals surface area (Å²) in [6, 6.07) is 16.9. The SMILES string of the molecule is COc1ccc(CC(=O)N2CCN(c3nccc(Nc4ccccc4Cl)n3)CC2)cc1. The van der Waals surface area contributed by atoms with Crippen molar-refractivity contribution < 1.29 is 9.53 Å². The zero-order chi connectivity index (χ0) is 21.6. The van der Waals surface area contributed by atoms with Gasteiger partial charge in [-0.1, -0.05) is 35.9 Å². The molecule has 0 radical (unpaired) electrons. The monoisotopic (exact) mass is 437 g/mol. The third kappa shape index (κ3) is 5.24. The highest BCUT2D eigenvalue weighted by Gasteiger charge is 2.23. The summed E-state index contributed by atoms with van der Waals surface area (Å²) in [5.41, 5.74) is 1.78. The summed E-state index contributed by atoms with van der Waals surface area (Å²) in [4.78, 5) is 25.7. The molecule has 1 aromatic heterocycles. The largest absolute Gasteiger partial charge is 0.497 e. The maximum absolute atomic E-state index is 12.7. The number of hydrogen-bond donors (Lipinski definition) is 1. The second-order valence-corrected chi connectivity index (χ2v) is 7.65. The zero-order valence-corrected chi connectivity index (χ0v) is 18.0. The Bertz CT molecular complexity index is 1040. The number of methoxy groups -OCH3 is 1. The summed E-state index contributed by atoms with van der Waals surface area (Å²) in [5.74, 6) is 2.23. The van der Waals surface area contributed by atoms with E-state index in [0.717, 1.165) is 17.0 Å². The summed E-state index contributed by atoms with van der Waals surface area (Å²) in [6.07, 6.45) is 2.11. The van der Waals surface area contributed by atoms with Crippen LogP contribution >= 0.6 is 11.6 Å². The van der Waals surface area contributed by atoms with Gasteiger partial charge in [0.1, 0.15) is 11.6 Å². The van der Waals surface area contributed by atoms with Crippen LogP contribution in [-0.2, 0) is 11.2 Å². The Kier molecular flexibility index (Phi) is 6.52. The van der Waals surface area contributed by atoms with Gasteiger partial charge in [-0.3, -0.25) is 4.79 Å². The maximum Gasteiger partial charge on any atom is 0.227 e. The molecule has 1 aliphatic heterocycles. The lowest BCUT2D eigenvalue weighted by Crippen LogP contribution is -2.49. The summed E-state index contributed by atoms with van der Waals surface area (Å²) >= 11 is 6.22. The molecule has 7 nitrogen and oxygen atoms in total. The van der Waals surface area contributed by atoms with Gasteiger partial charge in [0.05, 0.1) is 24.2 Å².